The van der Waals surface area contributed by atoms with Gasteiger partial charge in [0.15, 0.2) is 0 Å². The van der Waals surface area contributed by atoms with Crippen LogP contribution in [0.5, 0.6) is 11.5 Å². The Morgan fingerprint density at radius 3 is 2.24 bits per heavy atom. The maximum atomic E-state index is 6.53. The molecular formula is C40H33N5O. The Bertz CT molecular complexity index is 2380. The van der Waals surface area contributed by atoms with Crippen molar-refractivity contribution in [1.82, 2.24) is 24.1 Å². The molecule has 0 radical (unpaired) electrons. The molecule has 0 N–H and O–H groups in total. The van der Waals surface area contributed by atoms with Gasteiger partial charge in [0.2, 0.25) is 0 Å². The van der Waals surface area contributed by atoms with E-state index in [1.807, 2.05) is 55.7 Å². The number of para-hydroxylation sites is 2. The van der Waals surface area contributed by atoms with E-state index < -0.39 is 0 Å². The molecule has 0 aliphatic carbocycles. The van der Waals surface area contributed by atoms with E-state index in [-0.39, 0.29) is 5.41 Å². The van der Waals surface area contributed by atoms with Gasteiger partial charge in [-0.1, -0.05) is 51.1 Å². The Kier molecular flexibility index (Phi) is 6.46. The fraction of sp³-hybridized carbons (Fsp3) is 0.125. The third-order valence-electron chi connectivity index (χ3n) is 8.71. The van der Waals surface area contributed by atoms with Gasteiger partial charge in [0, 0.05) is 53.6 Å². The molecule has 4 aromatic heterocycles. The van der Waals surface area contributed by atoms with Crippen molar-refractivity contribution in [2.24, 2.45) is 7.05 Å². The maximum absolute atomic E-state index is 6.53. The molecule has 0 amide bonds. The minimum Gasteiger partial charge on any atom is -0.457 e. The number of pyridine rings is 2. The third kappa shape index (κ3) is 4.79. The lowest BCUT2D eigenvalue weighted by Gasteiger charge is -2.19. The second kappa shape index (κ2) is 10.7. The number of fused-ring (bicyclic) bond motifs is 4. The monoisotopic (exact) mass is 599 g/mol. The van der Waals surface area contributed by atoms with Crippen molar-refractivity contribution in [3.8, 4) is 39.8 Å². The lowest BCUT2D eigenvalue weighted by molar-refractivity contribution is 0.483. The van der Waals surface area contributed by atoms with Crippen LogP contribution < -0.4 is 4.74 Å². The van der Waals surface area contributed by atoms with E-state index >= 15 is 0 Å². The fourth-order valence-electron chi connectivity index (χ4n) is 6.25. The van der Waals surface area contributed by atoms with Gasteiger partial charge in [0.05, 0.1) is 22.1 Å². The van der Waals surface area contributed by atoms with Crippen LogP contribution in [-0.4, -0.2) is 24.1 Å². The molecule has 6 heteroatoms. The van der Waals surface area contributed by atoms with Gasteiger partial charge in [0.25, 0.3) is 0 Å². The van der Waals surface area contributed by atoms with Gasteiger partial charge in [-0.2, -0.15) is 0 Å². The van der Waals surface area contributed by atoms with Gasteiger partial charge in [-0.25, -0.2) is 9.97 Å². The van der Waals surface area contributed by atoms with Crippen LogP contribution in [0.1, 0.15) is 26.3 Å². The van der Waals surface area contributed by atoms with Crippen molar-refractivity contribution >= 4 is 32.8 Å². The summed E-state index contributed by atoms with van der Waals surface area (Å²) in [4.78, 5) is 14.0. The summed E-state index contributed by atoms with van der Waals surface area (Å²) in [5.41, 5.74) is 8.66. The van der Waals surface area contributed by atoms with Crippen molar-refractivity contribution in [3.05, 3.63) is 133 Å². The smallest absolute Gasteiger partial charge is 0.140 e. The number of rotatable bonds is 5. The van der Waals surface area contributed by atoms with Crippen LogP contribution in [0.3, 0.4) is 0 Å². The van der Waals surface area contributed by atoms with E-state index in [2.05, 4.69) is 102 Å². The zero-order chi connectivity index (χ0) is 31.4. The van der Waals surface area contributed by atoms with Crippen LogP contribution >= 0.6 is 0 Å². The fourth-order valence-corrected chi connectivity index (χ4v) is 6.25. The van der Waals surface area contributed by atoms with E-state index in [0.717, 1.165) is 67.3 Å². The molecule has 0 fully saturated rings. The molecule has 0 saturated heterocycles. The largest absolute Gasteiger partial charge is 0.457 e. The summed E-state index contributed by atoms with van der Waals surface area (Å²) >= 11 is 0. The van der Waals surface area contributed by atoms with Crippen LogP contribution in [0, 0.1) is 0 Å². The van der Waals surface area contributed by atoms with Gasteiger partial charge < -0.3 is 9.30 Å². The first-order valence-electron chi connectivity index (χ1n) is 15.5. The van der Waals surface area contributed by atoms with E-state index in [1.54, 1.807) is 12.4 Å². The molecule has 0 aliphatic rings. The molecule has 8 aromatic rings. The van der Waals surface area contributed by atoms with E-state index in [4.69, 9.17) is 14.7 Å². The first kappa shape index (κ1) is 27.8. The number of ether oxygens (including phenoxy) is 1. The van der Waals surface area contributed by atoms with E-state index in [9.17, 15) is 0 Å². The Balaban J connectivity index is 1.23. The summed E-state index contributed by atoms with van der Waals surface area (Å²) in [6, 6.07) is 37.6. The molecule has 0 unspecified atom stereocenters. The number of hydrogen-bond acceptors (Lipinski definition) is 4. The number of aryl methyl sites for hydroxylation is 1. The average molecular weight is 600 g/mol. The minimum atomic E-state index is 0.0279. The number of imidazole rings is 1. The molecule has 0 atom stereocenters. The molecule has 0 spiro atoms. The quantitative estimate of drug-likeness (QED) is 0.198. The molecule has 8 rings (SSSR count). The molecule has 0 saturated carbocycles. The number of hydrogen-bond donors (Lipinski definition) is 0. The summed E-state index contributed by atoms with van der Waals surface area (Å²) in [5, 5.41) is 2.35. The molecule has 4 aromatic carbocycles. The van der Waals surface area contributed by atoms with Gasteiger partial charge >= 0.3 is 0 Å². The van der Waals surface area contributed by atoms with Gasteiger partial charge in [-0.15, -0.1) is 0 Å². The van der Waals surface area contributed by atoms with E-state index in [1.165, 1.54) is 10.9 Å². The molecule has 0 aliphatic heterocycles. The Labute approximate surface area is 267 Å². The maximum Gasteiger partial charge on any atom is 0.140 e. The molecule has 6 nitrogen and oxygen atoms in total. The SMILES string of the molecule is Cn1c(-c2cccc(Oc3ccc4c5cc(C(C)(C)C)ccc5n(-c5ccc(-c6ccncc6)cn5)c4c3)c2)nc2ccccc21. The van der Waals surface area contributed by atoms with Crippen molar-refractivity contribution in [1.29, 1.82) is 0 Å². The molecule has 224 valence electrons. The van der Waals surface area contributed by atoms with Crippen LogP contribution in [-0.2, 0) is 12.5 Å². The van der Waals surface area contributed by atoms with Gasteiger partial charge in [0.1, 0.15) is 23.1 Å². The number of benzene rings is 4. The highest BCUT2D eigenvalue weighted by Gasteiger charge is 2.19. The van der Waals surface area contributed by atoms with Crippen molar-refractivity contribution in [2.45, 2.75) is 26.2 Å². The zero-order valence-corrected chi connectivity index (χ0v) is 26.3. The minimum absolute atomic E-state index is 0.0279. The first-order valence-corrected chi connectivity index (χ1v) is 15.5. The van der Waals surface area contributed by atoms with Gasteiger partial charge in [-0.05, 0) is 89.3 Å². The second-order valence-electron chi connectivity index (χ2n) is 12.8. The molecule has 46 heavy (non-hydrogen) atoms. The zero-order valence-electron chi connectivity index (χ0n) is 26.3. The lowest BCUT2D eigenvalue weighted by Crippen LogP contribution is -2.10. The molecule has 0 bridgehead atoms. The predicted octanol–water partition coefficient (Wildman–Crippen LogP) is 9.88. The number of nitrogens with zero attached hydrogens (tertiary/aromatic N) is 5. The highest BCUT2D eigenvalue weighted by atomic mass is 16.5. The Morgan fingerprint density at radius 1 is 0.630 bits per heavy atom. The molecule has 4 heterocycles. The topological polar surface area (TPSA) is 57.8 Å². The van der Waals surface area contributed by atoms with Crippen molar-refractivity contribution in [3.63, 3.8) is 0 Å². The summed E-state index contributed by atoms with van der Waals surface area (Å²) in [5.74, 6) is 3.25. The summed E-state index contributed by atoms with van der Waals surface area (Å²) < 4.78 is 10.9. The van der Waals surface area contributed by atoms with E-state index in [0.29, 0.717) is 0 Å². The van der Waals surface area contributed by atoms with Gasteiger partial charge in [-0.3, -0.25) is 9.55 Å². The summed E-state index contributed by atoms with van der Waals surface area (Å²) in [7, 11) is 2.05. The van der Waals surface area contributed by atoms with Crippen LogP contribution in [0.25, 0.3) is 61.2 Å². The summed E-state index contributed by atoms with van der Waals surface area (Å²) in [6.45, 7) is 6.75. The summed E-state index contributed by atoms with van der Waals surface area (Å²) in [6.07, 6.45) is 5.54. The average Bonchev–Trinajstić information content (AvgIpc) is 3.59. The normalized spacial score (nSPS) is 11.9. The molecular weight excluding hydrogens is 566 g/mol. The second-order valence-corrected chi connectivity index (χ2v) is 12.8. The predicted molar refractivity (Wildman–Crippen MR) is 187 cm³/mol. The van der Waals surface area contributed by atoms with Crippen LogP contribution in [0.2, 0.25) is 0 Å². The lowest BCUT2D eigenvalue weighted by atomic mass is 9.86. The number of aromatic nitrogens is 5. The Hall–Kier alpha value is -5.75. The van der Waals surface area contributed by atoms with Crippen molar-refractivity contribution < 1.29 is 4.74 Å². The first-order chi connectivity index (χ1) is 22.3. The van der Waals surface area contributed by atoms with Crippen molar-refractivity contribution in [2.75, 3.05) is 0 Å². The standard InChI is InChI=1S/C40H33N5O/c1-40(2,3)29-13-16-35-33(23-29)32-15-14-31(24-37(32)45(35)38-17-12-28(25-42-38)26-18-20-41-21-19-26)46-30-9-7-8-27(22-30)39-43-34-10-5-6-11-36(34)44(39)4/h5-25H,1-4H3. The van der Waals surface area contributed by atoms with Crippen LogP contribution in [0.15, 0.2) is 128 Å². The Morgan fingerprint density at radius 2 is 1.46 bits per heavy atom. The highest BCUT2D eigenvalue weighted by molar-refractivity contribution is 6.09. The van der Waals surface area contributed by atoms with Crippen LogP contribution in [0.4, 0.5) is 0 Å². The third-order valence-corrected chi connectivity index (χ3v) is 8.71. The highest BCUT2D eigenvalue weighted by Crippen LogP contribution is 2.38.